The molecule has 0 radical (unpaired) electrons. The van der Waals surface area contributed by atoms with E-state index in [0.29, 0.717) is 22.4 Å². The molecule has 4 rings (SSSR count). The molecule has 1 fully saturated rings. The lowest BCUT2D eigenvalue weighted by atomic mass is 10.1. The van der Waals surface area contributed by atoms with Crippen LogP contribution in [-0.4, -0.2) is 26.3 Å². The zero-order chi connectivity index (χ0) is 25.0. The van der Waals surface area contributed by atoms with Crippen LogP contribution in [0.25, 0.3) is 0 Å². The normalized spacial score (nSPS) is 13.9. The molecule has 182 valence electrons. The van der Waals surface area contributed by atoms with Gasteiger partial charge in [0.15, 0.2) is 0 Å². The van der Waals surface area contributed by atoms with Crippen molar-refractivity contribution in [3.63, 3.8) is 0 Å². The third kappa shape index (κ3) is 5.89. The average molecular weight is 493 g/mol. The van der Waals surface area contributed by atoms with Crippen molar-refractivity contribution in [3.8, 4) is 5.75 Å². The van der Waals surface area contributed by atoms with Crippen molar-refractivity contribution >= 4 is 27.6 Å². The molecule has 0 atom stereocenters. The maximum absolute atomic E-state index is 12.8. The Morgan fingerprint density at radius 3 is 2.29 bits per heavy atom. The first-order valence-electron chi connectivity index (χ1n) is 11.6. The van der Waals surface area contributed by atoms with E-state index >= 15 is 0 Å². The van der Waals surface area contributed by atoms with E-state index in [-0.39, 0.29) is 22.6 Å². The Hall–Kier alpha value is -3.65. The monoisotopic (exact) mass is 492 g/mol. The molecule has 0 spiro atoms. The molecule has 35 heavy (non-hydrogen) atoms. The molecule has 0 bridgehead atoms. The van der Waals surface area contributed by atoms with Gasteiger partial charge in [-0.15, -0.1) is 0 Å². The van der Waals surface area contributed by atoms with Gasteiger partial charge in [-0.1, -0.05) is 37.1 Å². The predicted molar refractivity (Wildman–Crippen MR) is 134 cm³/mol. The molecule has 7 nitrogen and oxygen atoms in total. The number of carbonyl (C=O) groups excluding carboxylic acids is 2. The number of carbonyl (C=O) groups is 2. The van der Waals surface area contributed by atoms with E-state index in [9.17, 15) is 18.0 Å². The second-order valence-corrected chi connectivity index (χ2v) is 10.3. The molecule has 0 unspecified atom stereocenters. The molecule has 0 heterocycles. The van der Waals surface area contributed by atoms with Crippen LogP contribution in [0.5, 0.6) is 5.75 Å². The number of rotatable bonds is 7. The van der Waals surface area contributed by atoms with Crippen LogP contribution in [0.4, 0.5) is 5.69 Å². The van der Waals surface area contributed by atoms with Crippen molar-refractivity contribution in [2.24, 2.45) is 0 Å². The zero-order valence-corrected chi connectivity index (χ0v) is 20.5. The predicted octanol–water partition coefficient (Wildman–Crippen LogP) is 5.00. The first kappa shape index (κ1) is 24.5. The fourth-order valence-electron chi connectivity index (χ4n) is 4.13. The van der Waals surface area contributed by atoms with Crippen LogP contribution in [-0.2, 0) is 10.1 Å². The number of para-hydroxylation sites is 1. The Morgan fingerprint density at radius 2 is 1.57 bits per heavy atom. The number of anilines is 1. The van der Waals surface area contributed by atoms with Gasteiger partial charge in [-0.3, -0.25) is 9.59 Å². The van der Waals surface area contributed by atoms with Crippen molar-refractivity contribution in [2.45, 2.75) is 50.5 Å². The van der Waals surface area contributed by atoms with E-state index in [1.165, 1.54) is 24.3 Å². The highest BCUT2D eigenvalue weighted by atomic mass is 32.2. The highest BCUT2D eigenvalue weighted by molar-refractivity contribution is 7.87. The molecule has 0 aromatic heterocycles. The van der Waals surface area contributed by atoms with Gasteiger partial charge in [-0.05, 0) is 80.3 Å². The summed E-state index contributed by atoms with van der Waals surface area (Å²) in [5, 5.41) is 5.82. The first-order chi connectivity index (χ1) is 16.7. The van der Waals surface area contributed by atoms with Gasteiger partial charge in [-0.2, -0.15) is 8.42 Å². The van der Waals surface area contributed by atoms with Crippen molar-refractivity contribution in [3.05, 3.63) is 89.0 Å². The molecule has 3 aromatic carbocycles. The summed E-state index contributed by atoms with van der Waals surface area (Å²) in [5.74, 6) is -0.540. The number of nitrogens with one attached hydrogen (secondary N) is 2. The molecule has 1 aliphatic rings. The van der Waals surface area contributed by atoms with Crippen LogP contribution < -0.4 is 14.8 Å². The van der Waals surface area contributed by atoms with Crippen LogP contribution in [0.3, 0.4) is 0 Å². The van der Waals surface area contributed by atoms with Crippen LogP contribution in [0.1, 0.15) is 57.5 Å². The largest absolute Gasteiger partial charge is 0.379 e. The zero-order valence-electron chi connectivity index (χ0n) is 19.7. The van der Waals surface area contributed by atoms with Crippen molar-refractivity contribution in [1.82, 2.24) is 5.32 Å². The SMILES string of the molecule is Cc1ccc(C)c(S(=O)(=O)Oc2ccc(C(=O)Nc3ccccc3C(=O)NC3CCCC3)cc2)c1. The molecular formula is C27H28N2O5S. The van der Waals surface area contributed by atoms with E-state index in [4.69, 9.17) is 4.18 Å². The van der Waals surface area contributed by atoms with E-state index < -0.39 is 16.0 Å². The minimum atomic E-state index is -4.02. The molecule has 2 N–H and O–H groups in total. The van der Waals surface area contributed by atoms with Crippen molar-refractivity contribution < 1.29 is 22.2 Å². The highest BCUT2D eigenvalue weighted by Gasteiger charge is 2.21. The lowest BCUT2D eigenvalue weighted by molar-refractivity contribution is 0.0938. The van der Waals surface area contributed by atoms with Crippen molar-refractivity contribution in [1.29, 1.82) is 0 Å². The van der Waals surface area contributed by atoms with Gasteiger partial charge in [0.25, 0.3) is 11.8 Å². The second kappa shape index (κ2) is 10.3. The first-order valence-corrected chi connectivity index (χ1v) is 13.0. The maximum atomic E-state index is 12.8. The lowest BCUT2D eigenvalue weighted by Crippen LogP contribution is -2.33. The quantitative estimate of drug-likeness (QED) is 0.452. The third-order valence-electron chi connectivity index (χ3n) is 6.05. The molecule has 8 heteroatoms. The average Bonchev–Trinajstić information content (AvgIpc) is 3.34. The fourth-order valence-corrected chi connectivity index (χ4v) is 5.37. The Balaban J connectivity index is 1.45. The van der Waals surface area contributed by atoms with Gasteiger partial charge in [0.2, 0.25) is 0 Å². The minimum absolute atomic E-state index is 0.0961. The molecule has 1 aliphatic carbocycles. The standard InChI is InChI=1S/C27H28N2O5S/c1-18-11-12-19(2)25(17-18)35(32,33)34-22-15-13-20(14-16-22)26(30)29-24-10-6-5-9-23(24)27(31)28-21-7-3-4-8-21/h5-6,9-17,21H,3-4,7-8H2,1-2H3,(H,28,31)(H,29,30). The third-order valence-corrected chi connectivity index (χ3v) is 7.44. The van der Waals surface area contributed by atoms with Crippen LogP contribution in [0, 0.1) is 13.8 Å². The molecule has 0 saturated heterocycles. The lowest BCUT2D eigenvalue weighted by Gasteiger charge is -2.15. The van der Waals surface area contributed by atoms with E-state index in [2.05, 4.69) is 10.6 Å². The van der Waals surface area contributed by atoms with Gasteiger partial charge in [0.05, 0.1) is 11.3 Å². The van der Waals surface area contributed by atoms with E-state index in [0.717, 1.165) is 31.2 Å². The fraction of sp³-hybridized carbons (Fsp3) is 0.259. The molecule has 1 saturated carbocycles. The molecular weight excluding hydrogens is 464 g/mol. The number of hydrogen-bond donors (Lipinski definition) is 2. The summed E-state index contributed by atoms with van der Waals surface area (Å²) in [6.45, 7) is 3.51. The number of aryl methyl sites for hydroxylation is 2. The maximum Gasteiger partial charge on any atom is 0.339 e. The van der Waals surface area contributed by atoms with Crippen LogP contribution in [0.2, 0.25) is 0 Å². The second-order valence-electron chi connectivity index (χ2n) is 8.79. The summed E-state index contributed by atoms with van der Waals surface area (Å²) >= 11 is 0. The smallest absolute Gasteiger partial charge is 0.339 e. The van der Waals surface area contributed by atoms with E-state index in [1.54, 1.807) is 43.3 Å². The topological polar surface area (TPSA) is 102 Å². The molecule has 0 aliphatic heterocycles. The summed E-state index contributed by atoms with van der Waals surface area (Å²) in [6.07, 6.45) is 4.14. The summed E-state index contributed by atoms with van der Waals surface area (Å²) in [5.41, 5.74) is 2.50. The van der Waals surface area contributed by atoms with Gasteiger partial charge in [-0.25, -0.2) is 0 Å². The minimum Gasteiger partial charge on any atom is -0.379 e. The molecule has 3 aromatic rings. The van der Waals surface area contributed by atoms with Gasteiger partial charge in [0, 0.05) is 11.6 Å². The molecule has 2 amide bonds. The Bertz CT molecular complexity index is 1340. The van der Waals surface area contributed by atoms with Gasteiger partial charge < -0.3 is 14.8 Å². The summed E-state index contributed by atoms with van der Waals surface area (Å²) in [7, 11) is -4.02. The van der Waals surface area contributed by atoms with Crippen molar-refractivity contribution in [2.75, 3.05) is 5.32 Å². The summed E-state index contributed by atoms with van der Waals surface area (Å²) in [4.78, 5) is 25.7. The number of benzene rings is 3. The van der Waals surface area contributed by atoms with Crippen LogP contribution in [0.15, 0.2) is 71.6 Å². The van der Waals surface area contributed by atoms with Gasteiger partial charge in [0.1, 0.15) is 10.6 Å². The van der Waals surface area contributed by atoms with Gasteiger partial charge >= 0.3 is 10.1 Å². The summed E-state index contributed by atoms with van der Waals surface area (Å²) < 4.78 is 30.7. The Morgan fingerprint density at radius 1 is 0.886 bits per heavy atom. The Labute approximate surface area is 205 Å². The highest BCUT2D eigenvalue weighted by Crippen LogP contribution is 2.24. The van der Waals surface area contributed by atoms with Crippen LogP contribution >= 0.6 is 0 Å². The Kier molecular flexibility index (Phi) is 7.21. The number of amides is 2. The summed E-state index contributed by atoms with van der Waals surface area (Å²) in [6, 6.07) is 17.9. The number of hydrogen-bond acceptors (Lipinski definition) is 5. The van der Waals surface area contributed by atoms with E-state index in [1.807, 2.05) is 13.0 Å².